The average Bonchev–Trinajstić information content (AvgIpc) is 2.94. The van der Waals surface area contributed by atoms with Gasteiger partial charge in [0.25, 0.3) is 0 Å². The summed E-state index contributed by atoms with van der Waals surface area (Å²) in [4.78, 5) is 0. The molecule has 0 aliphatic rings. The first kappa shape index (κ1) is 12.8. The standard InChI is InChI=1S/C15H14ClN3O/c1-20-15-7-2-4-12(16)10(15)8-17-13-5-3-6-14-11(13)9-18-19-14/h2-7,9,17H,8H2,1H3,(H,18,19). The van der Waals surface area contributed by atoms with Crippen molar-refractivity contribution in [3.8, 4) is 5.75 Å². The van der Waals surface area contributed by atoms with Gasteiger partial charge in [0.1, 0.15) is 5.75 Å². The van der Waals surface area contributed by atoms with E-state index in [1.807, 2.05) is 42.6 Å². The largest absolute Gasteiger partial charge is 0.496 e. The van der Waals surface area contributed by atoms with Gasteiger partial charge in [-0.3, -0.25) is 5.10 Å². The Balaban J connectivity index is 1.88. The molecule has 0 fully saturated rings. The van der Waals surface area contributed by atoms with E-state index in [9.17, 15) is 0 Å². The fourth-order valence-corrected chi connectivity index (χ4v) is 2.44. The summed E-state index contributed by atoms with van der Waals surface area (Å²) < 4.78 is 5.34. The molecule has 1 heterocycles. The second-order valence-corrected chi connectivity index (χ2v) is 4.82. The van der Waals surface area contributed by atoms with Crippen LogP contribution < -0.4 is 10.1 Å². The Morgan fingerprint density at radius 3 is 2.95 bits per heavy atom. The molecule has 0 aliphatic heterocycles. The predicted molar refractivity (Wildman–Crippen MR) is 81.4 cm³/mol. The van der Waals surface area contributed by atoms with Crippen LogP contribution >= 0.6 is 11.6 Å². The van der Waals surface area contributed by atoms with E-state index in [1.165, 1.54) is 0 Å². The van der Waals surface area contributed by atoms with E-state index in [2.05, 4.69) is 15.5 Å². The number of aromatic amines is 1. The summed E-state index contributed by atoms with van der Waals surface area (Å²) in [6, 6.07) is 11.6. The molecule has 0 amide bonds. The molecule has 102 valence electrons. The van der Waals surface area contributed by atoms with Crippen LogP contribution in [0.15, 0.2) is 42.6 Å². The Kier molecular flexibility index (Phi) is 3.48. The molecule has 2 aromatic carbocycles. The van der Waals surface area contributed by atoms with Crippen LogP contribution in [0, 0.1) is 0 Å². The van der Waals surface area contributed by atoms with Crippen molar-refractivity contribution in [2.75, 3.05) is 12.4 Å². The Labute approximate surface area is 121 Å². The molecule has 0 atom stereocenters. The minimum Gasteiger partial charge on any atom is -0.496 e. The third-order valence-electron chi connectivity index (χ3n) is 3.24. The number of methoxy groups -OCH3 is 1. The van der Waals surface area contributed by atoms with E-state index in [0.29, 0.717) is 11.6 Å². The summed E-state index contributed by atoms with van der Waals surface area (Å²) in [6.45, 7) is 0.590. The maximum Gasteiger partial charge on any atom is 0.125 e. The number of H-pyrrole nitrogens is 1. The molecule has 5 heteroatoms. The maximum atomic E-state index is 6.23. The summed E-state index contributed by atoms with van der Waals surface area (Å²) in [5.41, 5.74) is 2.96. The SMILES string of the molecule is COc1cccc(Cl)c1CNc1cccc2[nH]ncc12. The summed E-state index contributed by atoms with van der Waals surface area (Å²) in [7, 11) is 1.64. The van der Waals surface area contributed by atoms with E-state index in [0.717, 1.165) is 27.9 Å². The lowest BCUT2D eigenvalue weighted by Crippen LogP contribution is -2.02. The average molecular weight is 288 g/mol. The van der Waals surface area contributed by atoms with Crippen molar-refractivity contribution in [1.29, 1.82) is 0 Å². The lowest BCUT2D eigenvalue weighted by Gasteiger charge is -2.12. The first-order chi connectivity index (χ1) is 9.79. The van der Waals surface area contributed by atoms with Gasteiger partial charge in [-0.15, -0.1) is 0 Å². The lowest BCUT2D eigenvalue weighted by molar-refractivity contribution is 0.410. The third-order valence-corrected chi connectivity index (χ3v) is 3.59. The fraction of sp³-hybridized carbons (Fsp3) is 0.133. The van der Waals surface area contributed by atoms with E-state index >= 15 is 0 Å². The Morgan fingerprint density at radius 1 is 1.25 bits per heavy atom. The number of benzene rings is 2. The molecule has 0 aliphatic carbocycles. The zero-order chi connectivity index (χ0) is 13.9. The zero-order valence-corrected chi connectivity index (χ0v) is 11.7. The highest BCUT2D eigenvalue weighted by atomic mass is 35.5. The molecule has 0 saturated carbocycles. The Hall–Kier alpha value is -2.20. The minimum absolute atomic E-state index is 0.590. The molecule has 1 aromatic heterocycles. The first-order valence-corrected chi connectivity index (χ1v) is 6.64. The van der Waals surface area contributed by atoms with Gasteiger partial charge in [0, 0.05) is 28.2 Å². The lowest BCUT2D eigenvalue weighted by atomic mass is 10.1. The number of nitrogens with zero attached hydrogens (tertiary/aromatic N) is 1. The van der Waals surface area contributed by atoms with Gasteiger partial charge in [-0.25, -0.2) is 0 Å². The number of halogens is 1. The van der Waals surface area contributed by atoms with Crippen molar-refractivity contribution in [2.24, 2.45) is 0 Å². The zero-order valence-electron chi connectivity index (χ0n) is 11.0. The van der Waals surface area contributed by atoms with Gasteiger partial charge < -0.3 is 10.1 Å². The number of anilines is 1. The van der Waals surface area contributed by atoms with Crippen LogP contribution in [0.3, 0.4) is 0 Å². The van der Waals surface area contributed by atoms with Gasteiger partial charge in [-0.2, -0.15) is 5.10 Å². The van der Waals surface area contributed by atoms with Crippen molar-refractivity contribution < 1.29 is 4.74 Å². The van der Waals surface area contributed by atoms with Crippen LogP contribution in [0.1, 0.15) is 5.56 Å². The molecule has 3 aromatic rings. The highest BCUT2D eigenvalue weighted by molar-refractivity contribution is 6.31. The van der Waals surface area contributed by atoms with Gasteiger partial charge in [0.15, 0.2) is 0 Å². The Bertz CT molecular complexity index is 739. The van der Waals surface area contributed by atoms with Crippen LogP contribution in [-0.4, -0.2) is 17.3 Å². The molecule has 0 unspecified atom stereocenters. The second kappa shape index (κ2) is 5.43. The topological polar surface area (TPSA) is 49.9 Å². The summed E-state index contributed by atoms with van der Waals surface area (Å²) in [5, 5.41) is 12.1. The van der Waals surface area contributed by atoms with E-state index < -0.39 is 0 Å². The van der Waals surface area contributed by atoms with Crippen molar-refractivity contribution in [3.05, 3.63) is 53.2 Å². The molecular formula is C15H14ClN3O. The molecule has 4 nitrogen and oxygen atoms in total. The minimum atomic E-state index is 0.590. The number of hydrogen-bond acceptors (Lipinski definition) is 3. The van der Waals surface area contributed by atoms with Crippen LogP contribution in [0.2, 0.25) is 5.02 Å². The van der Waals surface area contributed by atoms with Gasteiger partial charge in [-0.1, -0.05) is 23.7 Å². The monoisotopic (exact) mass is 287 g/mol. The molecule has 0 spiro atoms. The van der Waals surface area contributed by atoms with E-state index in [1.54, 1.807) is 7.11 Å². The Morgan fingerprint density at radius 2 is 2.10 bits per heavy atom. The number of rotatable bonds is 4. The van der Waals surface area contributed by atoms with Crippen molar-refractivity contribution in [3.63, 3.8) is 0 Å². The summed E-state index contributed by atoms with van der Waals surface area (Å²) in [6.07, 6.45) is 1.81. The quantitative estimate of drug-likeness (QED) is 0.766. The second-order valence-electron chi connectivity index (χ2n) is 4.41. The molecule has 0 bridgehead atoms. The number of ether oxygens (including phenoxy) is 1. The molecule has 20 heavy (non-hydrogen) atoms. The molecular weight excluding hydrogens is 274 g/mol. The van der Waals surface area contributed by atoms with E-state index in [4.69, 9.17) is 16.3 Å². The number of nitrogens with one attached hydrogen (secondary N) is 2. The van der Waals surface area contributed by atoms with Crippen LogP contribution in [0.25, 0.3) is 10.9 Å². The third kappa shape index (κ3) is 2.30. The molecule has 0 saturated heterocycles. The van der Waals surface area contributed by atoms with Gasteiger partial charge in [0.05, 0.1) is 18.8 Å². The van der Waals surface area contributed by atoms with Crippen molar-refractivity contribution >= 4 is 28.2 Å². The number of hydrogen-bond donors (Lipinski definition) is 2. The molecule has 2 N–H and O–H groups in total. The van der Waals surface area contributed by atoms with Crippen LogP contribution in [0.4, 0.5) is 5.69 Å². The summed E-state index contributed by atoms with van der Waals surface area (Å²) >= 11 is 6.23. The fourth-order valence-electron chi connectivity index (χ4n) is 2.21. The van der Waals surface area contributed by atoms with Crippen LogP contribution in [0.5, 0.6) is 5.75 Å². The molecule has 3 rings (SSSR count). The van der Waals surface area contributed by atoms with Crippen molar-refractivity contribution in [2.45, 2.75) is 6.54 Å². The highest BCUT2D eigenvalue weighted by Gasteiger charge is 2.08. The number of aromatic nitrogens is 2. The van der Waals surface area contributed by atoms with Gasteiger partial charge in [-0.05, 0) is 24.3 Å². The van der Waals surface area contributed by atoms with E-state index in [-0.39, 0.29) is 0 Å². The first-order valence-electron chi connectivity index (χ1n) is 6.27. The number of fused-ring (bicyclic) bond motifs is 1. The normalized spacial score (nSPS) is 10.7. The van der Waals surface area contributed by atoms with Crippen molar-refractivity contribution in [1.82, 2.24) is 10.2 Å². The highest BCUT2D eigenvalue weighted by Crippen LogP contribution is 2.28. The van der Waals surface area contributed by atoms with Gasteiger partial charge >= 0.3 is 0 Å². The smallest absolute Gasteiger partial charge is 0.125 e. The predicted octanol–water partition coefficient (Wildman–Crippen LogP) is 3.84. The van der Waals surface area contributed by atoms with Crippen LogP contribution in [-0.2, 0) is 6.54 Å². The summed E-state index contributed by atoms with van der Waals surface area (Å²) in [5.74, 6) is 0.782. The van der Waals surface area contributed by atoms with Gasteiger partial charge in [0.2, 0.25) is 0 Å². The maximum absolute atomic E-state index is 6.23. The molecule has 0 radical (unpaired) electrons.